The number of carbonyl (C=O) groups is 1. The van der Waals surface area contributed by atoms with Crippen LogP contribution in [0.25, 0.3) is 6.08 Å². The zero-order valence-electron chi connectivity index (χ0n) is 14.3. The van der Waals surface area contributed by atoms with E-state index in [1.807, 2.05) is 0 Å². The molecule has 0 saturated carbocycles. The summed E-state index contributed by atoms with van der Waals surface area (Å²) in [6.07, 6.45) is 0.320. The molecule has 6 N–H and O–H groups in total. The number of nitrogens with zero attached hydrogens (tertiary/aromatic N) is 1. The molecule has 1 rings (SSSR count). The van der Waals surface area contributed by atoms with Crippen molar-refractivity contribution >= 4 is 24.6 Å². The van der Waals surface area contributed by atoms with E-state index in [2.05, 4.69) is 10.7 Å². The number of nitrogens with two attached hydrogens (primary N) is 2. The normalized spacial score (nSPS) is 13.0. The topological polar surface area (TPSA) is 126 Å². The minimum Gasteiger partial charge on any atom is -0.480 e. The molecule has 0 spiro atoms. The van der Waals surface area contributed by atoms with Gasteiger partial charge in [-0.3, -0.25) is 10.4 Å². The van der Waals surface area contributed by atoms with Crippen molar-refractivity contribution in [2.24, 2.45) is 16.5 Å². The summed E-state index contributed by atoms with van der Waals surface area (Å²) in [4.78, 5) is 15.0. The summed E-state index contributed by atoms with van der Waals surface area (Å²) in [5.41, 5.74) is 10.2. The number of carboxylic acid groups (broad SMARTS) is 1. The van der Waals surface area contributed by atoms with Crippen molar-refractivity contribution < 1.29 is 23.1 Å². The van der Waals surface area contributed by atoms with E-state index in [-0.39, 0.29) is 0 Å². The molecular formula is C17H23F3N4O2. The molecule has 0 aliphatic heterocycles. The number of hydrogen-bond donors (Lipinski definition) is 4. The standard InChI is InChI=1S/C16H19F3N2O2.CH4N2/c1-11(10-21-14(15(22)23)3-2-8-20)9-12-4-6-13(7-5-12)16(17,18)19;2-1-3/h4-7,9-10,14H,2-3,8,20H2,1H3,(H,22,23);1H,(H3,2,3)/b11-9+,21-10?;. The molecule has 1 unspecified atom stereocenters. The lowest BCUT2D eigenvalue weighted by Crippen LogP contribution is -2.19. The molecule has 1 atom stereocenters. The fourth-order valence-electron chi connectivity index (χ4n) is 1.85. The number of halogens is 3. The highest BCUT2D eigenvalue weighted by molar-refractivity contribution is 5.87. The summed E-state index contributed by atoms with van der Waals surface area (Å²) in [5, 5.41) is 14.9. The van der Waals surface area contributed by atoms with Crippen molar-refractivity contribution in [1.82, 2.24) is 0 Å². The Bertz CT molecular complexity index is 626. The van der Waals surface area contributed by atoms with E-state index in [4.69, 9.17) is 16.2 Å². The molecule has 0 bridgehead atoms. The van der Waals surface area contributed by atoms with Crippen LogP contribution in [-0.4, -0.2) is 36.2 Å². The minimum absolute atomic E-state index is 0.343. The van der Waals surface area contributed by atoms with Crippen LogP contribution in [0.1, 0.15) is 30.9 Å². The van der Waals surface area contributed by atoms with E-state index >= 15 is 0 Å². The number of benzene rings is 1. The molecule has 1 aromatic carbocycles. The van der Waals surface area contributed by atoms with E-state index in [9.17, 15) is 18.0 Å². The average molecular weight is 372 g/mol. The van der Waals surface area contributed by atoms with Gasteiger partial charge in [0.1, 0.15) is 6.04 Å². The summed E-state index contributed by atoms with van der Waals surface area (Å²) in [6, 6.07) is 3.83. The molecule has 1 aromatic rings. The van der Waals surface area contributed by atoms with Crippen molar-refractivity contribution in [3.8, 4) is 0 Å². The lowest BCUT2D eigenvalue weighted by Gasteiger charge is -2.07. The number of alkyl halides is 3. The second-order valence-corrected chi connectivity index (χ2v) is 5.24. The van der Waals surface area contributed by atoms with Crippen LogP contribution in [0.15, 0.2) is 34.8 Å². The largest absolute Gasteiger partial charge is 0.480 e. The van der Waals surface area contributed by atoms with Gasteiger partial charge in [0.15, 0.2) is 0 Å². The van der Waals surface area contributed by atoms with Gasteiger partial charge in [-0.25, -0.2) is 4.79 Å². The summed E-state index contributed by atoms with van der Waals surface area (Å²) < 4.78 is 37.4. The molecule has 0 saturated heterocycles. The molecule has 0 aliphatic carbocycles. The van der Waals surface area contributed by atoms with Crippen LogP contribution < -0.4 is 11.5 Å². The monoisotopic (exact) mass is 372 g/mol. The summed E-state index contributed by atoms with van der Waals surface area (Å²) in [6.45, 7) is 2.09. The van der Waals surface area contributed by atoms with Crippen molar-refractivity contribution in [3.05, 3.63) is 41.0 Å². The maximum absolute atomic E-state index is 12.5. The maximum atomic E-state index is 12.5. The predicted octanol–water partition coefficient (Wildman–Crippen LogP) is 2.92. The second kappa shape index (κ2) is 11.8. The third-order valence-corrected chi connectivity index (χ3v) is 3.06. The van der Waals surface area contributed by atoms with Gasteiger partial charge >= 0.3 is 12.1 Å². The molecule has 0 aliphatic rings. The van der Waals surface area contributed by atoms with Crippen molar-refractivity contribution in [2.45, 2.75) is 32.0 Å². The molecule has 144 valence electrons. The van der Waals surface area contributed by atoms with Gasteiger partial charge in [0.25, 0.3) is 0 Å². The first-order valence-electron chi connectivity index (χ1n) is 7.68. The third kappa shape index (κ3) is 9.58. The van der Waals surface area contributed by atoms with Crippen LogP contribution >= 0.6 is 0 Å². The van der Waals surface area contributed by atoms with E-state index in [1.165, 1.54) is 18.3 Å². The molecule has 9 heteroatoms. The second-order valence-electron chi connectivity index (χ2n) is 5.24. The summed E-state index contributed by atoms with van der Waals surface area (Å²) >= 11 is 0. The van der Waals surface area contributed by atoms with Gasteiger partial charge in [-0.2, -0.15) is 13.2 Å². The average Bonchev–Trinajstić information content (AvgIpc) is 2.55. The Morgan fingerprint density at radius 1 is 1.35 bits per heavy atom. The van der Waals surface area contributed by atoms with E-state index in [0.29, 0.717) is 30.5 Å². The number of hydrogen-bond acceptors (Lipinski definition) is 4. The number of allylic oxidation sites excluding steroid dienone is 1. The van der Waals surface area contributed by atoms with Crippen LogP contribution in [0.3, 0.4) is 0 Å². The molecule has 0 fully saturated rings. The molecule has 26 heavy (non-hydrogen) atoms. The number of rotatable bonds is 7. The fourth-order valence-corrected chi connectivity index (χ4v) is 1.85. The highest BCUT2D eigenvalue weighted by atomic mass is 19.4. The number of aliphatic imine (C=N–C) groups is 1. The molecule has 0 amide bonds. The van der Waals surface area contributed by atoms with Crippen molar-refractivity contribution in [3.63, 3.8) is 0 Å². The lowest BCUT2D eigenvalue weighted by atomic mass is 10.1. The molecular weight excluding hydrogens is 349 g/mol. The van der Waals surface area contributed by atoms with Crippen molar-refractivity contribution in [2.75, 3.05) is 6.54 Å². The third-order valence-electron chi connectivity index (χ3n) is 3.06. The van der Waals surface area contributed by atoms with Crippen LogP contribution in [0.5, 0.6) is 0 Å². The SMILES string of the molecule is C/C(C=NC(CCCN)C(=O)O)=C\c1ccc(C(F)(F)F)cc1.N=CN. The maximum Gasteiger partial charge on any atom is 0.416 e. The van der Waals surface area contributed by atoms with E-state index in [1.54, 1.807) is 13.0 Å². The van der Waals surface area contributed by atoms with Gasteiger partial charge < -0.3 is 16.6 Å². The van der Waals surface area contributed by atoms with Gasteiger partial charge in [-0.15, -0.1) is 0 Å². The molecule has 6 nitrogen and oxygen atoms in total. The van der Waals surface area contributed by atoms with E-state index in [0.717, 1.165) is 18.5 Å². The summed E-state index contributed by atoms with van der Waals surface area (Å²) in [7, 11) is 0. The fraction of sp³-hybridized carbons (Fsp3) is 0.353. The van der Waals surface area contributed by atoms with Gasteiger partial charge in [-0.1, -0.05) is 18.2 Å². The Hall–Kier alpha value is -2.68. The first-order valence-corrected chi connectivity index (χ1v) is 7.68. The van der Waals surface area contributed by atoms with Gasteiger partial charge in [0.2, 0.25) is 0 Å². The number of carboxylic acids is 1. The first kappa shape index (κ1) is 23.3. The molecule has 0 heterocycles. The first-order chi connectivity index (χ1) is 12.1. The lowest BCUT2D eigenvalue weighted by molar-refractivity contribution is -0.139. The predicted molar refractivity (Wildman–Crippen MR) is 96.3 cm³/mol. The van der Waals surface area contributed by atoms with E-state index < -0.39 is 23.8 Å². The smallest absolute Gasteiger partial charge is 0.416 e. The zero-order chi connectivity index (χ0) is 20.2. The minimum atomic E-state index is -4.36. The number of aliphatic carboxylic acids is 1. The van der Waals surface area contributed by atoms with Gasteiger partial charge in [0.05, 0.1) is 11.9 Å². The number of nitrogens with one attached hydrogen (secondary N) is 1. The summed E-state index contributed by atoms with van der Waals surface area (Å²) in [5.74, 6) is -1.03. The Morgan fingerprint density at radius 3 is 2.31 bits per heavy atom. The Kier molecular flexibility index (Phi) is 10.6. The van der Waals surface area contributed by atoms with Crippen LogP contribution in [0.4, 0.5) is 13.2 Å². The van der Waals surface area contributed by atoms with Gasteiger partial charge in [-0.05, 0) is 49.6 Å². The van der Waals surface area contributed by atoms with Gasteiger partial charge in [0, 0.05) is 6.21 Å². The zero-order valence-corrected chi connectivity index (χ0v) is 14.3. The van der Waals surface area contributed by atoms with Crippen LogP contribution in [0, 0.1) is 5.41 Å². The Labute approximate surface area is 149 Å². The highest BCUT2D eigenvalue weighted by Crippen LogP contribution is 2.29. The molecule has 0 radical (unpaired) electrons. The quantitative estimate of drug-likeness (QED) is 0.434. The van der Waals surface area contributed by atoms with Crippen LogP contribution in [-0.2, 0) is 11.0 Å². The Balaban J connectivity index is 0.00000194. The highest BCUT2D eigenvalue weighted by Gasteiger charge is 2.29. The molecule has 0 aromatic heterocycles. The van der Waals surface area contributed by atoms with Crippen LogP contribution in [0.2, 0.25) is 0 Å². The van der Waals surface area contributed by atoms with Crippen molar-refractivity contribution in [1.29, 1.82) is 5.41 Å². The Morgan fingerprint density at radius 2 is 1.88 bits per heavy atom.